The number of sulfonamides is 1. The summed E-state index contributed by atoms with van der Waals surface area (Å²) in [4.78, 5) is 15.4. The second kappa shape index (κ2) is 7.68. The number of carbonyl (C=O) groups is 1. The van der Waals surface area contributed by atoms with Crippen LogP contribution in [0.15, 0.2) is 23.4 Å². The van der Waals surface area contributed by atoms with Gasteiger partial charge in [0.25, 0.3) is 5.91 Å². The molecule has 154 valence electrons. The number of aromatic nitrogens is 2. The van der Waals surface area contributed by atoms with Crippen LogP contribution in [0, 0.1) is 12.7 Å². The van der Waals surface area contributed by atoms with Crippen LogP contribution in [-0.4, -0.2) is 36.1 Å². The second-order valence-corrected chi connectivity index (χ2v) is 7.92. The van der Waals surface area contributed by atoms with Crippen LogP contribution in [0.2, 0.25) is 5.02 Å². The molecule has 0 aliphatic rings. The second-order valence-electron chi connectivity index (χ2n) is 5.86. The van der Waals surface area contributed by atoms with Crippen LogP contribution >= 0.6 is 11.6 Å². The molecule has 7 nitrogen and oxygen atoms in total. The molecule has 1 amide bonds. The Balaban J connectivity index is 2.38. The maximum Gasteiger partial charge on any atom is 0.404 e. The first kappa shape index (κ1) is 22.1. The average molecular weight is 443 g/mol. The monoisotopic (exact) mass is 442 g/mol. The van der Waals surface area contributed by atoms with Crippen molar-refractivity contribution >= 4 is 33.2 Å². The third-order valence-corrected chi connectivity index (χ3v) is 5.77. The summed E-state index contributed by atoms with van der Waals surface area (Å²) in [6.07, 6.45) is -2.68. The van der Waals surface area contributed by atoms with Gasteiger partial charge in [0.15, 0.2) is 5.82 Å². The minimum atomic E-state index is -4.81. The van der Waals surface area contributed by atoms with E-state index in [4.69, 9.17) is 11.6 Å². The molecule has 0 radical (unpaired) electrons. The van der Waals surface area contributed by atoms with Crippen molar-refractivity contribution in [3.05, 3.63) is 40.7 Å². The summed E-state index contributed by atoms with van der Waals surface area (Å²) in [5.41, 5.74) is -0.581. The predicted molar refractivity (Wildman–Crippen MR) is 93.1 cm³/mol. The predicted octanol–water partition coefficient (Wildman–Crippen LogP) is 3.00. The van der Waals surface area contributed by atoms with E-state index in [0.29, 0.717) is 6.92 Å². The maximum atomic E-state index is 14.0. The van der Waals surface area contributed by atoms with Gasteiger partial charge in [0.1, 0.15) is 16.6 Å². The lowest BCUT2D eigenvalue weighted by atomic mass is 10.3. The Morgan fingerprint density at radius 2 is 1.96 bits per heavy atom. The number of aryl methyl sites for hydroxylation is 2. The van der Waals surface area contributed by atoms with Crippen LogP contribution in [0.1, 0.15) is 23.1 Å². The van der Waals surface area contributed by atoms with Gasteiger partial charge in [-0.25, -0.2) is 12.8 Å². The first-order valence-electron chi connectivity index (χ1n) is 7.62. The largest absolute Gasteiger partial charge is 0.404 e. The number of hydrogen-bond acceptors (Lipinski definition) is 4. The molecule has 2 rings (SSSR count). The van der Waals surface area contributed by atoms with Crippen molar-refractivity contribution in [3.63, 3.8) is 0 Å². The van der Waals surface area contributed by atoms with Crippen LogP contribution in [0.4, 0.5) is 23.2 Å². The molecule has 28 heavy (non-hydrogen) atoms. The van der Waals surface area contributed by atoms with Crippen LogP contribution in [0.25, 0.3) is 0 Å². The molecule has 0 spiro atoms. The van der Waals surface area contributed by atoms with Crippen molar-refractivity contribution in [2.75, 3.05) is 5.32 Å². The van der Waals surface area contributed by atoms with Gasteiger partial charge in [-0.15, -0.1) is 0 Å². The molecule has 13 heteroatoms. The molecule has 0 saturated heterocycles. The number of pyridine rings is 1. The van der Waals surface area contributed by atoms with Gasteiger partial charge in [-0.05, 0) is 19.9 Å². The molecular formula is C15H15ClF4N4O3S. The number of hydrogen-bond donors (Lipinski definition) is 2. The van der Waals surface area contributed by atoms with Crippen molar-refractivity contribution in [3.8, 4) is 0 Å². The molecule has 2 aromatic rings. The summed E-state index contributed by atoms with van der Waals surface area (Å²) in [6.45, 7) is 2.00. The summed E-state index contributed by atoms with van der Waals surface area (Å²) >= 11 is 5.96. The van der Waals surface area contributed by atoms with Crippen LogP contribution < -0.4 is 10.0 Å². The van der Waals surface area contributed by atoms with E-state index >= 15 is 0 Å². The van der Waals surface area contributed by atoms with E-state index in [-0.39, 0.29) is 17.1 Å². The Kier molecular flexibility index (Phi) is 6.07. The fourth-order valence-corrected chi connectivity index (χ4v) is 4.13. The first-order valence-corrected chi connectivity index (χ1v) is 9.48. The normalized spacial score (nSPS) is 13.4. The summed E-state index contributed by atoms with van der Waals surface area (Å²) in [5, 5.41) is 1.62. The van der Waals surface area contributed by atoms with Crippen LogP contribution in [0.5, 0.6) is 0 Å². The SMILES string of the molecule is Cc1nccc(NC(=O)c2c(Cl)c(S(=O)(=O)N[C@H](C)C(F)(F)F)cn2C)c1F. The zero-order valence-electron chi connectivity index (χ0n) is 14.7. The molecule has 2 heterocycles. The van der Waals surface area contributed by atoms with Gasteiger partial charge in [0.2, 0.25) is 10.0 Å². The number of anilines is 1. The number of nitrogens with one attached hydrogen (secondary N) is 2. The van der Waals surface area contributed by atoms with E-state index in [1.807, 2.05) is 0 Å². The Labute approximate surface area is 162 Å². The lowest BCUT2D eigenvalue weighted by Crippen LogP contribution is -2.42. The molecule has 0 fully saturated rings. The number of nitrogens with zero attached hydrogens (tertiary/aromatic N) is 2. The number of amides is 1. The van der Waals surface area contributed by atoms with Crippen molar-refractivity contribution in [2.24, 2.45) is 7.05 Å². The number of rotatable bonds is 5. The van der Waals surface area contributed by atoms with Crippen molar-refractivity contribution in [1.82, 2.24) is 14.3 Å². The fourth-order valence-electron chi connectivity index (χ4n) is 2.21. The molecule has 2 N–H and O–H groups in total. The Morgan fingerprint density at radius 3 is 2.54 bits per heavy atom. The average Bonchev–Trinajstić information content (AvgIpc) is 2.86. The van der Waals surface area contributed by atoms with E-state index in [0.717, 1.165) is 10.8 Å². The molecule has 0 aliphatic heterocycles. The van der Waals surface area contributed by atoms with E-state index in [1.54, 1.807) is 0 Å². The number of alkyl halides is 3. The van der Waals surface area contributed by atoms with Crippen molar-refractivity contribution in [2.45, 2.75) is 31.0 Å². The van der Waals surface area contributed by atoms with Crippen molar-refractivity contribution < 1.29 is 30.8 Å². The molecule has 0 unspecified atom stereocenters. The minimum Gasteiger partial charge on any atom is -0.344 e. The highest BCUT2D eigenvalue weighted by molar-refractivity contribution is 7.89. The van der Waals surface area contributed by atoms with Gasteiger partial charge in [0, 0.05) is 19.4 Å². The Morgan fingerprint density at radius 1 is 1.36 bits per heavy atom. The first-order chi connectivity index (χ1) is 12.8. The summed E-state index contributed by atoms with van der Waals surface area (Å²) in [5.74, 6) is -1.75. The van der Waals surface area contributed by atoms with Gasteiger partial charge in [-0.3, -0.25) is 9.78 Å². The molecular weight excluding hydrogens is 428 g/mol. The van der Waals surface area contributed by atoms with Gasteiger partial charge in [-0.2, -0.15) is 17.9 Å². The molecule has 2 aromatic heterocycles. The van der Waals surface area contributed by atoms with Crippen LogP contribution in [-0.2, 0) is 17.1 Å². The van der Waals surface area contributed by atoms with E-state index in [9.17, 15) is 30.8 Å². The lowest BCUT2D eigenvalue weighted by Gasteiger charge is -2.16. The summed E-state index contributed by atoms with van der Waals surface area (Å²) in [6, 6.07) is -1.19. The third kappa shape index (κ3) is 4.45. The number of carbonyl (C=O) groups excluding carboxylic acids is 1. The van der Waals surface area contributed by atoms with E-state index < -0.39 is 43.9 Å². The smallest absolute Gasteiger partial charge is 0.344 e. The van der Waals surface area contributed by atoms with Gasteiger partial charge in [-0.1, -0.05) is 11.6 Å². The summed E-state index contributed by atoms with van der Waals surface area (Å²) in [7, 11) is -3.42. The maximum absolute atomic E-state index is 14.0. The highest BCUT2D eigenvalue weighted by Crippen LogP contribution is 2.30. The third-order valence-electron chi connectivity index (χ3n) is 3.73. The highest BCUT2D eigenvalue weighted by atomic mass is 35.5. The highest BCUT2D eigenvalue weighted by Gasteiger charge is 2.40. The lowest BCUT2D eigenvalue weighted by molar-refractivity contribution is -0.147. The molecule has 1 atom stereocenters. The quantitative estimate of drug-likeness (QED) is 0.696. The topological polar surface area (TPSA) is 93.1 Å². The molecule has 0 saturated carbocycles. The standard InChI is InChI=1S/C15H15ClF4N4O3S/c1-7-12(17)9(4-5-21-7)22-14(25)13-11(16)10(6-24(13)3)28(26,27)23-8(2)15(18,19)20/h4-6,8,23H,1-3H3,(H,21,22,25)/t8-/m1/s1. The molecule has 0 aromatic carbocycles. The van der Waals surface area contributed by atoms with Gasteiger partial charge in [0.05, 0.1) is 16.4 Å². The summed E-state index contributed by atoms with van der Waals surface area (Å²) < 4.78 is 78.9. The Bertz CT molecular complexity index is 1020. The van der Waals surface area contributed by atoms with E-state index in [1.165, 1.54) is 31.0 Å². The minimum absolute atomic E-state index is 0.0179. The fraction of sp³-hybridized carbons (Fsp3) is 0.333. The Hall–Kier alpha value is -2.18. The van der Waals surface area contributed by atoms with Gasteiger partial charge >= 0.3 is 6.18 Å². The van der Waals surface area contributed by atoms with E-state index in [2.05, 4.69) is 10.3 Å². The zero-order chi connectivity index (χ0) is 21.4. The molecule has 0 bridgehead atoms. The zero-order valence-corrected chi connectivity index (χ0v) is 16.3. The number of halogens is 5. The molecule has 0 aliphatic carbocycles. The van der Waals surface area contributed by atoms with Crippen molar-refractivity contribution in [1.29, 1.82) is 0 Å². The van der Waals surface area contributed by atoms with Gasteiger partial charge < -0.3 is 9.88 Å². The van der Waals surface area contributed by atoms with Crippen LogP contribution in [0.3, 0.4) is 0 Å².